The molecule has 0 aliphatic carbocycles. The van der Waals surface area contributed by atoms with Crippen molar-refractivity contribution in [3.63, 3.8) is 0 Å². The molecule has 39 heteroatoms. The number of hydrogen-bond donors (Lipinski definition) is 14. The van der Waals surface area contributed by atoms with Gasteiger partial charge in [0.25, 0.3) is 0 Å². The van der Waals surface area contributed by atoms with Crippen molar-refractivity contribution in [2.45, 2.75) is 384 Å². The third-order valence-corrected chi connectivity index (χ3v) is 23.4. The van der Waals surface area contributed by atoms with Crippen LogP contribution in [-0.2, 0) is 119 Å². The zero-order valence-corrected chi connectivity index (χ0v) is 84.3. The second kappa shape index (κ2) is 89.8. The van der Waals surface area contributed by atoms with Crippen molar-refractivity contribution in [1.29, 1.82) is 0 Å². The molecule has 17 N–H and O–H groups in total. The van der Waals surface area contributed by atoms with Gasteiger partial charge in [0.2, 0.25) is 41.4 Å². The normalized spacial score (nSPS) is 12.7. The Bertz CT molecular complexity index is 3400. The fourth-order valence-corrected chi connectivity index (χ4v) is 14.9. The number of Topliss-reactive ketones (excluding diaryl/α,β-unsaturated/α-hetero) is 6. The number of nitrogens with two attached hydrogens (primary N) is 3. The second-order valence-corrected chi connectivity index (χ2v) is 36.7. The molecule has 0 unspecified atom stereocenters. The van der Waals surface area contributed by atoms with E-state index in [-0.39, 0.29) is 231 Å². The van der Waals surface area contributed by atoms with Crippen LogP contribution in [0.5, 0.6) is 0 Å². The summed E-state index contributed by atoms with van der Waals surface area (Å²) in [6.45, 7) is 6.88. The third kappa shape index (κ3) is 85.1. The highest BCUT2D eigenvalue weighted by Crippen LogP contribution is 2.25. The van der Waals surface area contributed by atoms with Gasteiger partial charge in [-0.2, -0.15) is 0 Å². The maximum atomic E-state index is 13.8. The summed E-state index contributed by atoms with van der Waals surface area (Å²) in [5.74, 6) is -8.97. The van der Waals surface area contributed by atoms with Crippen molar-refractivity contribution in [3.8, 4) is 0 Å². The lowest BCUT2D eigenvalue weighted by Crippen LogP contribution is -2.43. The Kier molecular flexibility index (Phi) is 84.5. The Hall–Kier alpha value is -8.25. The number of carboxylic acids is 4. The van der Waals surface area contributed by atoms with E-state index < -0.39 is 89.7 Å². The van der Waals surface area contributed by atoms with Gasteiger partial charge in [0.1, 0.15) is 61.6 Å². The first-order chi connectivity index (χ1) is 66.7. The van der Waals surface area contributed by atoms with Crippen LogP contribution in [0.1, 0.15) is 358 Å². The van der Waals surface area contributed by atoms with Crippen LogP contribution in [0.4, 0.5) is 0 Å². The molecule has 0 fully saturated rings. The van der Waals surface area contributed by atoms with E-state index in [4.69, 9.17) is 65.3 Å². The van der Waals surface area contributed by atoms with E-state index in [1.54, 1.807) is 13.8 Å². The van der Waals surface area contributed by atoms with Gasteiger partial charge in [-0.1, -0.05) is 154 Å². The highest BCUT2D eigenvalue weighted by Gasteiger charge is 2.32. The standard InChI is InChI=1S/C100H178N10O29.2H2/c1-77(111)78(39-31-34-55-107-97(127)84(102)46-33-36-54-104-91(119)74-137-68-63-133-60-38-44-81(113)50-51-85(98(128)129)109-92(120)75-138-69-64-132-59-37-43-80(112)41-25-20-16-12-8-4-6-10-14-18-22-29-48-94(122)123)71-87(115)79(72-88(116)100(2,3)103)40-32-35-56-108-96(126)83(101)45-27-24-26-42-82(114)73-136-67-65-134-62-58-106-90(118)53-52-86(99(130)131)110-93(121)76-139-70-66-135-61-57-105-89(117)47-28-21-17-13-9-5-7-11-15-19-23-30-49-95(124)125;;/h78-79,83-86H,4-76,101-103H2,1-3H3,(H,104,119)(H,105,117)(H,106,118)(H,107,127)(H,108,126)(H,109,120)(H,110,121)(H,122,123)(H,124,125)(H,128,129)(H,130,131);2*1H/t78-,79-,83+,84+,85+,86+;;/m1../s1. The van der Waals surface area contributed by atoms with E-state index in [1.165, 1.54) is 64.7 Å². The number of nitrogens with one attached hydrogen (secondary N) is 7. The molecule has 0 saturated carbocycles. The SMILES string of the molecule is CC(=O)[C@H](CCCCNC(=O)[C@@H](N)CCCCNC(=O)COCCOCCCC(=O)CC[C@H](NC(=O)COCCOCCCC(=O)CCCCCCCCCCCCCCC(=O)O)C(=O)O)CC(=O)[C@H](CCCCNC(=O)[C@@H](N)CCCCCC(=O)COCCOCCNC(=O)CC[C@H](NC(=O)COCCOCCNC(=O)CCCCCCCCCCCCCCC(=O)O)C(=O)O)CC(=O)C(C)(C)N.[HH].[HH]. The smallest absolute Gasteiger partial charge is 0.326 e. The lowest BCUT2D eigenvalue weighted by Gasteiger charge is -2.23. The number of carbonyl (C=O) groups excluding carboxylic acids is 13. The molecule has 6 atom stereocenters. The lowest BCUT2D eigenvalue weighted by atomic mass is 9.82. The topological polar surface area (TPSA) is 607 Å². The number of ketones is 6. The van der Waals surface area contributed by atoms with Crippen LogP contribution in [0.25, 0.3) is 0 Å². The number of aliphatic carboxylic acids is 4. The third-order valence-electron chi connectivity index (χ3n) is 23.4. The summed E-state index contributed by atoms with van der Waals surface area (Å²) in [5, 5.41) is 55.2. The van der Waals surface area contributed by atoms with Crippen LogP contribution < -0.4 is 54.4 Å². The number of ether oxygens (including phenoxy) is 8. The Morgan fingerprint density at radius 1 is 0.281 bits per heavy atom. The molecule has 0 aliphatic rings. The molecule has 0 bridgehead atoms. The van der Waals surface area contributed by atoms with Crippen molar-refractivity contribution in [2.75, 3.05) is 138 Å². The number of amides is 7. The van der Waals surface area contributed by atoms with Crippen LogP contribution in [0.15, 0.2) is 0 Å². The molecule has 0 aromatic carbocycles. The minimum atomic E-state index is -1.32. The summed E-state index contributed by atoms with van der Waals surface area (Å²) in [6, 6.07) is -4.17. The molecule has 39 nitrogen and oxygen atoms in total. The molecule has 0 heterocycles. The maximum Gasteiger partial charge on any atom is 0.326 e. The Balaban J connectivity index is -0.0000952. The molecule has 0 aromatic heterocycles. The average Bonchev–Trinajstić information content (AvgIpc) is 0.864. The second-order valence-electron chi connectivity index (χ2n) is 36.7. The molecule has 0 aliphatic heterocycles. The van der Waals surface area contributed by atoms with Crippen molar-refractivity contribution >= 4 is 99.9 Å². The summed E-state index contributed by atoms with van der Waals surface area (Å²) in [5.41, 5.74) is 17.3. The molecule has 806 valence electrons. The van der Waals surface area contributed by atoms with Crippen molar-refractivity contribution in [1.82, 2.24) is 37.2 Å². The number of hydrogen-bond acceptors (Lipinski definition) is 28. The summed E-state index contributed by atoms with van der Waals surface area (Å²) < 4.78 is 43.4. The average molecular weight is 1990 g/mol. The summed E-state index contributed by atoms with van der Waals surface area (Å²) in [4.78, 5) is 209. The largest absolute Gasteiger partial charge is 0.481 e. The first-order valence-corrected chi connectivity index (χ1v) is 51.6. The minimum absolute atomic E-state index is 0. The minimum Gasteiger partial charge on any atom is -0.481 e. The number of carbonyl (C=O) groups is 17. The van der Waals surface area contributed by atoms with E-state index in [1.807, 2.05) is 0 Å². The number of unbranched alkanes of at least 4 members (excludes halogenated alkanes) is 27. The van der Waals surface area contributed by atoms with E-state index >= 15 is 0 Å². The lowest BCUT2D eigenvalue weighted by molar-refractivity contribution is -0.143. The van der Waals surface area contributed by atoms with Gasteiger partial charge in [0, 0.05) is 131 Å². The summed E-state index contributed by atoms with van der Waals surface area (Å²) >= 11 is 0. The summed E-state index contributed by atoms with van der Waals surface area (Å²) in [7, 11) is 0. The van der Waals surface area contributed by atoms with Gasteiger partial charge in [-0.3, -0.25) is 71.9 Å². The van der Waals surface area contributed by atoms with E-state index in [0.717, 1.165) is 96.3 Å². The zero-order chi connectivity index (χ0) is 103. The predicted octanol–water partition coefficient (Wildman–Crippen LogP) is 9.84. The summed E-state index contributed by atoms with van der Waals surface area (Å²) in [6.07, 6.45) is 34.9. The first-order valence-electron chi connectivity index (χ1n) is 51.6. The van der Waals surface area contributed by atoms with E-state index in [2.05, 4.69) is 37.2 Å². The quantitative estimate of drug-likeness (QED) is 0.0252. The fourth-order valence-electron chi connectivity index (χ4n) is 14.9. The molecule has 0 radical (unpaired) electrons. The molecule has 0 saturated heterocycles. The number of rotatable bonds is 104. The molecule has 0 aromatic rings. The van der Waals surface area contributed by atoms with Crippen LogP contribution >= 0.6 is 0 Å². The van der Waals surface area contributed by atoms with Crippen LogP contribution in [-0.4, -0.2) is 288 Å². The van der Waals surface area contributed by atoms with Crippen molar-refractivity contribution in [2.24, 2.45) is 29.0 Å². The molecule has 7 amide bonds. The molecule has 0 rings (SSSR count). The monoisotopic (exact) mass is 1990 g/mol. The van der Waals surface area contributed by atoms with E-state index in [0.29, 0.717) is 142 Å². The Labute approximate surface area is 828 Å². The van der Waals surface area contributed by atoms with Gasteiger partial charge in [0.05, 0.1) is 83.7 Å². The van der Waals surface area contributed by atoms with E-state index in [9.17, 15) is 91.7 Å². The van der Waals surface area contributed by atoms with Crippen LogP contribution in [0.3, 0.4) is 0 Å². The van der Waals surface area contributed by atoms with Gasteiger partial charge in [-0.05, 0) is 130 Å². The van der Waals surface area contributed by atoms with Crippen LogP contribution in [0.2, 0.25) is 0 Å². The highest BCUT2D eigenvalue weighted by molar-refractivity contribution is 5.94. The molecular formula is C100H182N10O29. The number of carboxylic acid groups (broad SMARTS) is 4. The molecular weight excluding hydrogens is 1810 g/mol. The maximum absolute atomic E-state index is 13.8. The van der Waals surface area contributed by atoms with Gasteiger partial charge < -0.3 is 113 Å². The van der Waals surface area contributed by atoms with Crippen molar-refractivity contribution < 1.29 is 143 Å². The molecule has 0 spiro atoms. The molecule has 139 heavy (non-hydrogen) atoms. The van der Waals surface area contributed by atoms with Gasteiger partial charge in [0.15, 0.2) is 11.6 Å². The van der Waals surface area contributed by atoms with Crippen molar-refractivity contribution in [3.05, 3.63) is 0 Å². The fraction of sp³-hybridized carbons (Fsp3) is 0.830. The Morgan fingerprint density at radius 2 is 0.590 bits per heavy atom. The van der Waals surface area contributed by atoms with Gasteiger partial charge >= 0.3 is 23.9 Å². The highest BCUT2D eigenvalue weighted by atomic mass is 16.5. The zero-order valence-electron chi connectivity index (χ0n) is 84.3. The van der Waals surface area contributed by atoms with Crippen LogP contribution in [0, 0.1) is 11.8 Å². The predicted molar refractivity (Wildman–Crippen MR) is 527 cm³/mol. The Morgan fingerprint density at radius 3 is 1.00 bits per heavy atom. The van der Waals surface area contributed by atoms with Gasteiger partial charge in [-0.15, -0.1) is 0 Å². The first kappa shape index (κ1) is 131. The van der Waals surface area contributed by atoms with Gasteiger partial charge in [-0.25, -0.2) is 9.59 Å².